The Morgan fingerprint density at radius 3 is 2.59 bits per heavy atom. The summed E-state index contributed by atoms with van der Waals surface area (Å²) in [5.74, 6) is 3.11. The second-order valence-corrected chi connectivity index (χ2v) is 5.91. The smallest absolute Gasteiger partial charge is 0.196 e. The van der Waals surface area contributed by atoms with Gasteiger partial charge in [-0.25, -0.2) is 0 Å². The minimum atomic E-state index is 0.149. The molecule has 2 aliphatic heterocycles. The first kappa shape index (κ1) is 11.0. The van der Waals surface area contributed by atoms with Crippen LogP contribution in [0, 0.1) is 0 Å². The molecule has 0 aliphatic carbocycles. The Labute approximate surface area is 106 Å². The molecule has 17 heavy (non-hydrogen) atoms. The normalized spacial score (nSPS) is 22.8. The summed E-state index contributed by atoms with van der Waals surface area (Å²) < 4.78 is 0. The zero-order valence-electron chi connectivity index (χ0n) is 9.80. The molecule has 0 saturated carbocycles. The van der Waals surface area contributed by atoms with Gasteiger partial charge in [0.05, 0.1) is 12.1 Å². The van der Waals surface area contributed by atoms with Crippen LogP contribution in [-0.4, -0.2) is 29.5 Å². The van der Waals surface area contributed by atoms with Crippen molar-refractivity contribution >= 4 is 23.4 Å². The summed E-state index contributed by atoms with van der Waals surface area (Å²) in [6.45, 7) is 0.855. The quantitative estimate of drug-likeness (QED) is 0.826. The van der Waals surface area contributed by atoms with Crippen molar-refractivity contribution in [1.29, 1.82) is 0 Å². The van der Waals surface area contributed by atoms with Gasteiger partial charge >= 0.3 is 0 Å². The highest BCUT2D eigenvalue weighted by Gasteiger charge is 2.43. The number of anilines is 1. The van der Waals surface area contributed by atoms with E-state index in [1.54, 1.807) is 0 Å². The van der Waals surface area contributed by atoms with Gasteiger partial charge in [0.25, 0.3) is 0 Å². The van der Waals surface area contributed by atoms with E-state index >= 15 is 0 Å². The van der Waals surface area contributed by atoms with Crippen LogP contribution >= 0.6 is 11.8 Å². The molecule has 2 N–H and O–H groups in total. The third-order valence-corrected chi connectivity index (χ3v) is 4.66. The molecular weight excluding hydrogens is 230 g/mol. The number of thioether (sulfide) groups is 1. The lowest BCUT2D eigenvalue weighted by atomic mass is 9.90. The Kier molecular flexibility index (Phi) is 2.74. The number of nitrogens with zero attached hydrogens (tertiary/aromatic N) is 2. The summed E-state index contributed by atoms with van der Waals surface area (Å²) >= 11 is 2.04. The second-order valence-electron chi connectivity index (χ2n) is 4.68. The van der Waals surface area contributed by atoms with E-state index in [4.69, 9.17) is 5.73 Å². The minimum Gasteiger partial charge on any atom is -0.369 e. The Balaban J connectivity index is 1.96. The third kappa shape index (κ3) is 1.80. The Hall–Kier alpha value is -1.16. The Morgan fingerprint density at radius 2 is 1.88 bits per heavy atom. The highest BCUT2D eigenvalue weighted by molar-refractivity contribution is 7.99. The van der Waals surface area contributed by atoms with Crippen LogP contribution in [0.4, 0.5) is 5.69 Å². The predicted molar refractivity (Wildman–Crippen MR) is 74.7 cm³/mol. The molecule has 0 amide bonds. The van der Waals surface area contributed by atoms with Crippen LogP contribution in [0.1, 0.15) is 12.8 Å². The summed E-state index contributed by atoms with van der Waals surface area (Å²) in [5.41, 5.74) is 7.41. The van der Waals surface area contributed by atoms with E-state index in [2.05, 4.69) is 34.2 Å². The van der Waals surface area contributed by atoms with Crippen molar-refractivity contribution in [3.05, 3.63) is 30.3 Å². The molecule has 0 radical (unpaired) electrons. The van der Waals surface area contributed by atoms with Crippen molar-refractivity contribution < 1.29 is 0 Å². The highest BCUT2D eigenvalue weighted by Crippen LogP contribution is 2.38. The minimum absolute atomic E-state index is 0.149. The Bertz CT molecular complexity index is 424. The molecule has 1 spiro atoms. The molecule has 2 aliphatic rings. The lowest BCUT2D eigenvalue weighted by Gasteiger charge is -2.41. The molecule has 1 fully saturated rings. The van der Waals surface area contributed by atoms with E-state index in [0.717, 1.165) is 6.54 Å². The van der Waals surface area contributed by atoms with Crippen LogP contribution in [0.25, 0.3) is 0 Å². The molecule has 90 valence electrons. The van der Waals surface area contributed by atoms with Crippen LogP contribution < -0.4 is 10.6 Å². The number of hydrogen-bond acceptors (Lipinski definition) is 4. The van der Waals surface area contributed by atoms with E-state index in [1.807, 2.05) is 17.8 Å². The molecule has 3 rings (SSSR count). The summed E-state index contributed by atoms with van der Waals surface area (Å²) in [6.07, 6.45) is 2.35. The lowest BCUT2D eigenvalue weighted by molar-refractivity contribution is 0.424. The van der Waals surface area contributed by atoms with Crippen LogP contribution in [-0.2, 0) is 0 Å². The first-order valence-corrected chi connectivity index (χ1v) is 7.20. The van der Waals surface area contributed by atoms with Crippen molar-refractivity contribution in [3.8, 4) is 0 Å². The van der Waals surface area contributed by atoms with E-state index in [0.29, 0.717) is 5.96 Å². The SMILES string of the molecule is NC1=NCC2(CCSCC2)N1c1ccccc1. The molecule has 1 aromatic carbocycles. The van der Waals surface area contributed by atoms with Gasteiger partial charge in [0.1, 0.15) is 0 Å². The van der Waals surface area contributed by atoms with E-state index in [1.165, 1.54) is 30.0 Å². The lowest BCUT2D eigenvalue weighted by Crippen LogP contribution is -2.53. The van der Waals surface area contributed by atoms with E-state index < -0.39 is 0 Å². The summed E-state index contributed by atoms with van der Waals surface area (Å²) in [7, 11) is 0. The van der Waals surface area contributed by atoms with Gasteiger partial charge < -0.3 is 10.6 Å². The number of aliphatic imine (C=N–C) groups is 1. The van der Waals surface area contributed by atoms with Gasteiger partial charge in [-0.2, -0.15) is 11.8 Å². The molecule has 1 aromatic rings. The standard InChI is InChI=1S/C13H17N3S/c14-12-15-10-13(6-8-17-9-7-13)16(12)11-4-2-1-3-5-11/h1-5H,6-10H2,(H2,14,15). The molecule has 0 bridgehead atoms. The van der Waals surface area contributed by atoms with Gasteiger partial charge in [-0.15, -0.1) is 0 Å². The zero-order valence-corrected chi connectivity index (χ0v) is 10.6. The van der Waals surface area contributed by atoms with Crippen molar-refractivity contribution in [2.75, 3.05) is 23.0 Å². The first-order chi connectivity index (χ1) is 8.32. The van der Waals surface area contributed by atoms with Gasteiger partial charge in [0, 0.05) is 5.69 Å². The maximum atomic E-state index is 6.09. The fourth-order valence-electron chi connectivity index (χ4n) is 2.73. The topological polar surface area (TPSA) is 41.6 Å². The molecule has 0 aromatic heterocycles. The molecule has 4 heteroatoms. The average molecular weight is 247 g/mol. The zero-order chi connectivity index (χ0) is 11.7. The van der Waals surface area contributed by atoms with Gasteiger partial charge in [-0.1, -0.05) is 18.2 Å². The molecule has 0 unspecified atom stereocenters. The van der Waals surface area contributed by atoms with Gasteiger partial charge in [0.15, 0.2) is 5.96 Å². The van der Waals surface area contributed by atoms with Crippen LogP contribution in [0.3, 0.4) is 0 Å². The number of para-hydroxylation sites is 1. The number of hydrogen-bond donors (Lipinski definition) is 1. The number of rotatable bonds is 1. The van der Waals surface area contributed by atoms with E-state index in [9.17, 15) is 0 Å². The van der Waals surface area contributed by atoms with Crippen molar-refractivity contribution in [3.63, 3.8) is 0 Å². The van der Waals surface area contributed by atoms with Crippen LogP contribution in [0.2, 0.25) is 0 Å². The number of benzene rings is 1. The van der Waals surface area contributed by atoms with E-state index in [-0.39, 0.29) is 5.54 Å². The van der Waals surface area contributed by atoms with Gasteiger partial charge in [-0.3, -0.25) is 4.99 Å². The average Bonchev–Trinajstić information content (AvgIpc) is 2.68. The maximum absolute atomic E-state index is 6.09. The molecule has 1 saturated heterocycles. The Morgan fingerprint density at radius 1 is 1.18 bits per heavy atom. The second kappa shape index (κ2) is 4.26. The number of guanidine groups is 1. The summed E-state index contributed by atoms with van der Waals surface area (Å²) in [4.78, 5) is 6.74. The van der Waals surface area contributed by atoms with Gasteiger partial charge in [0.2, 0.25) is 0 Å². The summed E-state index contributed by atoms with van der Waals surface area (Å²) in [5, 5.41) is 0. The van der Waals surface area contributed by atoms with Crippen LogP contribution in [0.5, 0.6) is 0 Å². The largest absolute Gasteiger partial charge is 0.369 e. The van der Waals surface area contributed by atoms with Crippen molar-refractivity contribution in [2.24, 2.45) is 10.7 Å². The third-order valence-electron chi connectivity index (χ3n) is 3.68. The van der Waals surface area contributed by atoms with Gasteiger partial charge in [-0.05, 0) is 36.5 Å². The molecule has 0 atom stereocenters. The predicted octanol–water partition coefficient (Wildman–Crippen LogP) is 2.09. The molecular formula is C13H17N3S. The van der Waals surface area contributed by atoms with Crippen molar-refractivity contribution in [2.45, 2.75) is 18.4 Å². The fourth-order valence-corrected chi connectivity index (χ4v) is 3.98. The maximum Gasteiger partial charge on any atom is 0.196 e. The highest BCUT2D eigenvalue weighted by atomic mass is 32.2. The van der Waals surface area contributed by atoms with Crippen molar-refractivity contribution in [1.82, 2.24) is 0 Å². The van der Waals surface area contributed by atoms with Crippen LogP contribution in [0.15, 0.2) is 35.3 Å². The summed E-state index contributed by atoms with van der Waals surface area (Å²) in [6, 6.07) is 10.4. The first-order valence-electron chi connectivity index (χ1n) is 6.05. The monoisotopic (exact) mass is 247 g/mol. The fraction of sp³-hybridized carbons (Fsp3) is 0.462. The molecule has 2 heterocycles. The number of nitrogens with two attached hydrogens (primary N) is 1. The molecule has 3 nitrogen and oxygen atoms in total.